The quantitative estimate of drug-likeness (QED) is 0.507. The van der Waals surface area contributed by atoms with E-state index in [0.29, 0.717) is 11.7 Å². The summed E-state index contributed by atoms with van der Waals surface area (Å²) in [5.41, 5.74) is 5.56. The summed E-state index contributed by atoms with van der Waals surface area (Å²) in [7, 11) is 0. The highest BCUT2D eigenvalue weighted by molar-refractivity contribution is 7.99. The standard InChI is InChI=1S/C10H14N4O4S/c11-10-12-1-5-8(13-10)14(3-19-5)9-7(17)6(16)4(2-15)18-9/h1,4,6-7,9,15-17H,2-3H2,(H2,11,12,13)/t4-,6-,7-,9-/m1/s1. The zero-order valence-electron chi connectivity index (χ0n) is 9.88. The van der Waals surface area contributed by atoms with E-state index in [1.807, 2.05) is 0 Å². The number of thioether (sulfide) groups is 1. The highest BCUT2D eigenvalue weighted by Crippen LogP contribution is 2.40. The Morgan fingerprint density at radius 2 is 2.26 bits per heavy atom. The number of ether oxygens (including phenoxy) is 1. The van der Waals surface area contributed by atoms with E-state index in [0.717, 1.165) is 4.90 Å². The van der Waals surface area contributed by atoms with Crippen LogP contribution in [-0.2, 0) is 4.74 Å². The molecule has 1 fully saturated rings. The highest BCUT2D eigenvalue weighted by Gasteiger charge is 2.47. The number of aliphatic hydroxyl groups excluding tert-OH is 3. The van der Waals surface area contributed by atoms with E-state index in [1.54, 1.807) is 11.1 Å². The van der Waals surface area contributed by atoms with Gasteiger partial charge in [0.05, 0.1) is 17.4 Å². The number of nitrogens with two attached hydrogens (primary N) is 1. The first-order chi connectivity index (χ1) is 9.11. The van der Waals surface area contributed by atoms with Crippen molar-refractivity contribution >= 4 is 23.5 Å². The summed E-state index contributed by atoms with van der Waals surface area (Å²) in [5, 5.41) is 28.9. The van der Waals surface area contributed by atoms with E-state index in [4.69, 9.17) is 15.6 Å². The Bertz CT molecular complexity index is 491. The van der Waals surface area contributed by atoms with E-state index in [2.05, 4.69) is 9.97 Å². The van der Waals surface area contributed by atoms with Crippen molar-refractivity contribution in [3.8, 4) is 0 Å². The van der Waals surface area contributed by atoms with Crippen LogP contribution in [0.2, 0.25) is 0 Å². The predicted octanol–water partition coefficient (Wildman–Crippen LogP) is -1.63. The van der Waals surface area contributed by atoms with Crippen LogP contribution in [0.15, 0.2) is 11.1 Å². The van der Waals surface area contributed by atoms with Gasteiger partial charge < -0.3 is 30.7 Å². The van der Waals surface area contributed by atoms with Crippen molar-refractivity contribution in [1.29, 1.82) is 0 Å². The Balaban J connectivity index is 1.88. The van der Waals surface area contributed by atoms with Gasteiger partial charge in [-0.05, 0) is 0 Å². The van der Waals surface area contributed by atoms with Crippen LogP contribution in [-0.4, -0.2) is 62.3 Å². The molecule has 0 unspecified atom stereocenters. The molecule has 9 heteroatoms. The number of nitrogen functional groups attached to an aromatic ring is 1. The van der Waals surface area contributed by atoms with Gasteiger partial charge in [0.15, 0.2) is 12.0 Å². The molecular weight excluding hydrogens is 272 g/mol. The topological polar surface area (TPSA) is 125 Å². The Kier molecular flexibility index (Phi) is 3.23. The van der Waals surface area contributed by atoms with Gasteiger partial charge in [-0.15, -0.1) is 0 Å². The van der Waals surface area contributed by atoms with E-state index < -0.39 is 24.5 Å². The maximum absolute atomic E-state index is 10.0. The number of rotatable bonds is 2. The lowest BCUT2D eigenvalue weighted by atomic mass is 10.1. The van der Waals surface area contributed by atoms with Gasteiger partial charge in [-0.1, -0.05) is 11.8 Å². The van der Waals surface area contributed by atoms with Crippen molar-refractivity contribution in [3.63, 3.8) is 0 Å². The second kappa shape index (κ2) is 4.76. The number of aliphatic hydroxyl groups is 3. The van der Waals surface area contributed by atoms with Crippen LogP contribution in [0.3, 0.4) is 0 Å². The van der Waals surface area contributed by atoms with Gasteiger partial charge in [-0.2, -0.15) is 4.98 Å². The molecule has 2 aliphatic rings. The molecule has 4 atom stereocenters. The van der Waals surface area contributed by atoms with Gasteiger partial charge in [0.1, 0.15) is 18.3 Å². The van der Waals surface area contributed by atoms with Gasteiger partial charge in [0, 0.05) is 6.20 Å². The van der Waals surface area contributed by atoms with Crippen molar-refractivity contribution in [3.05, 3.63) is 6.20 Å². The summed E-state index contributed by atoms with van der Waals surface area (Å²) in [6.45, 7) is -0.353. The Morgan fingerprint density at radius 3 is 2.95 bits per heavy atom. The molecule has 104 valence electrons. The fourth-order valence-corrected chi connectivity index (χ4v) is 3.18. The summed E-state index contributed by atoms with van der Waals surface area (Å²) in [4.78, 5) is 10.6. The fraction of sp³-hybridized carbons (Fsp3) is 0.600. The molecule has 3 rings (SSSR count). The molecule has 0 aliphatic carbocycles. The van der Waals surface area contributed by atoms with Crippen molar-refractivity contribution < 1.29 is 20.1 Å². The van der Waals surface area contributed by atoms with Crippen molar-refractivity contribution in [2.45, 2.75) is 29.4 Å². The summed E-state index contributed by atoms with van der Waals surface area (Å²) in [5.74, 6) is 1.23. The number of hydrogen-bond donors (Lipinski definition) is 4. The molecule has 3 heterocycles. The highest BCUT2D eigenvalue weighted by atomic mass is 32.2. The molecule has 5 N–H and O–H groups in total. The molecule has 0 spiro atoms. The van der Waals surface area contributed by atoms with Crippen molar-refractivity contribution in [2.24, 2.45) is 0 Å². The predicted molar refractivity (Wildman–Crippen MR) is 67.4 cm³/mol. The first-order valence-electron chi connectivity index (χ1n) is 5.76. The maximum Gasteiger partial charge on any atom is 0.222 e. The van der Waals surface area contributed by atoms with Crippen LogP contribution >= 0.6 is 11.8 Å². The molecule has 1 aromatic rings. The van der Waals surface area contributed by atoms with Crippen LogP contribution < -0.4 is 10.6 Å². The number of fused-ring (bicyclic) bond motifs is 1. The van der Waals surface area contributed by atoms with E-state index in [-0.39, 0.29) is 12.6 Å². The van der Waals surface area contributed by atoms with Gasteiger partial charge in [-0.25, -0.2) is 4.98 Å². The normalized spacial score (nSPS) is 33.7. The van der Waals surface area contributed by atoms with E-state index >= 15 is 0 Å². The lowest BCUT2D eigenvalue weighted by Gasteiger charge is -2.26. The Hall–Kier alpha value is -1.13. The minimum absolute atomic E-state index is 0.137. The fourth-order valence-electron chi connectivity index (χ4n) is 2.21. The van der Waals surface area contributed by atoms with Crippen LogP contribution in [0, 0.1) is 0 Å². The van der Waals surface area contributed by atoms with Gasteiger partial charge >= 0.3 is 0 Å². The molecule has 0 aromatic carbocycles. The Labute approximate surface area is 113 Å². The lowest BCUT2D eigenvalue weighted by Crippen LogP contribution is -2.43. The Morgan fingerprint density at radius 1 is 1.47 bits per heavy atom. The molecule has 0 saturated carbocycles. The zero-order valence-corrected chi connectivity index (χ0v) is 10.7. The largest absolute Gasteiger partial charge is 0.394 e. The maximum atomic E-state index is 10.0. The van der Waals surface area contributed by atoms with Crippen LogP contribution in [0.4, 0.5) is 11.8 Å². The molecule has 1 aromatic heterocycles. The third kappa shape index (κ3) is 2.03. The minimum Gasteiger partial charge on any atom is -0.394 e. The molecule has 8 nitrogen and oxygen atoms in total. The van der Waals surface area contributed by atoms with Gasteiger partial charge in [-0.3, -0.25) is 0 Å². The number of anilines is 2. The smallest absolute Gasteiger partial charge is 0.222 e. The summed E-state index contributed by atoms with van der Waals surface area (Å²) in [6.07, 6.45) is -2.17. The van der Waals surface area contributed by atoms with Crippen LogP contribution in [0.25, 0.3) is 0 Å². The van der Waals surface area contributed by atoms with Gasteiger partial charge in [0.2, 0.25) is 5.95 Å². The van der Waals surface area contributed by atoms with Crippen LogP contribution in [0.1, 0.15) is 0 Å². The monoisotopic (exact) mass is 286 g/mol. The summed E-state index contributed by atoms with van der Waals surface area (Å²) in [6, 6.07) is 0. The summed E-state index contributed by atoms with van der Waals surface area (Å²) >= 11 is 1.49. The van der Waals surface area contributed by atoms with Crippen molar-refractivity contribution in [2.75, 3.05) is 23.1 Å². The van der Waals surface area contributed by atoms with E-state index in [1.165, 1.54) is 11.8 Å². The zero-order chi connectivity index (χ0) is 13.6. The second-order valence-corrected chi connectivity index (χ2v) is 5.37. The second-order valence-electron chi connectivity index (χ2n) is 4.39. The van der Waals surface area contributed by atoms with Crippen molar-refractivity contribution in [1.82, 2.24) is 9.97 Å². The minimum atomic E-state index is -1.12. The molecule has 2 aliphatic heterocycles. The molecule has 0 amide bonds. The van der Waals surface area contributed by atoms with Crippen LogP contribution in [0.5, 0.6) is 0 Å². The SMILES string of the molecule is Nc1ncc2c(n1)N([C@@H]1O[C@H](CO)[C@@H](O)[C@H]1O)CS2. The van der Waals surface area contributed by atoms with E-state index in [9.17, 15) is 10.2 Å². The molecule has 19 heavy (non-hydrogen) atoms. The first-order valence-corrected chi connectivity index (χ1v) is 6.75. The first kappa shape index (κ1) is 12.9. The molecular formula is C10H14N4O4S. The lowest BCUT2D eigenvalue weighted by molar-refractivity contribution is -0.0216. The molecule has 1 saturated heterocycles. The number of aromatic nitrogens is 2. The third-order valence-corrected chi connectivity index (χ3v) is 4.22. The average molecular weight is 286 g/mol. The van der Waals surface area contributed by atoms with Gasteiger partial charge in [0.25, 0.3) is 0 Å². The molecule has 0 radical (unpaired) electrons. The summed E-state index contributed by atoms with van der Waals surface area (Å²) < 4.78 is 5.48. The third-order valence-electron chi connectivity index (χ3n) is 3.21. The number of nitrogens with zero attached hydrogens (tertiary/aromatic N) is 3. The molecule has 0 bridgehead atoms. The average Bonchev–Trinajstić information content (AvgIpc) is 2.92. The number of hydrogen-bond acceptors (Lipinski definition) is 9.